The van der Waals surface area contributed by atoms with Gasteiger partial charge in [0.05, 0.1) is 21.3 Å². The molecule has 2 nitrogen and oxygen atoms in total. The van der Waals surface area contributed by atoms with Crippen molar-refractivity contribution in [3.8, 4) is 0 Å². The largest absolute Gasteiger partial charge is 0.242 e. The van der Waals surface area contributed by atoms with Crippen molar-refractivity contribution in [1.29, 1.82) is 0 Å². The molecule has 98 valence electrons. The summed E-state index contributed by atoms with van der Waals surface area (Å²) in [6.07, 6.45) is 0.814. The zero-order chi connectivity index (χ0) is 13.6. The predicted octanol–water partition coefficient (Wildman–Crippen LogP) is 3.37. The van der Waals surface area contributed by atoms with Gasteiger partial charge in [-0.25, -0.2) is 8.93 Å². The number of fused-ring (bicyclic) bond motifs is 1. The van der Waals surface area contributed by atoms with Crippen LogP contribution in [0.2, 0.25) is 0 Å². The molecule has 2 rings (SSSR count). The van der Waals surface area contributed by atoms with Crippen LogP contribution in [0, 0.1) is 0 Å². The van der Waals surface area contributed by atoms with Crippen LogP contribution < -0.4 is 4.72 Å². The molecule has 0 bridgehead atoms. The summed E-state index contributed by atoms with van der Waals surface area (Å²) in [5.41, 5.74) is 3.24. The Kier molecular flexibility index (Phi) is 3.24. The van der Waals surface area contributed by atoms with E-state index in [2.05, 4.69) is 30.4 Å². The number of hydrogen-bond acceptors (Lipinski definition) is 1. The lowest BCUT2D eigenvalue weighted by Crippen LogP contribution is -2.44. The third-order valence-corrected chi connectivity index (χ3v) is 5.09. The van der Waals surface area contributed by atoms with Crippen molar-refractivity contribution in [3.05, 3.63) is 42.0 Å². The monoisotopic (exact) mass is 263 g/mol. The second kappa shape index (κ2) is 4.32. The number of rotatable bonds is 2. The minimum atomic E-state index is -1.08. The molecule has 1 aliphatic carbocycles. The summed E-state index contributed by atoms with van der Waals surface area (Å²) < 4.78 is 15.3. The van der Waals surface area contributed by atoms with Crippen molar-refractivity contribution in [2.45, 2.75) is 44.4 Å². The molecule has 0 saturated carbocycles. The van der Waals surface area contributed by atoms with Gasteiger partial charge >= 0.3 is 0 Å². The molecule has 1 aromatic carbocycles. The topological polar surface area (TPSA) is 29.1 Å². The van der Waals surface area contributed by atoms with Gasteiger partial charge in [0, 0.05) is 0 Å². The zero-order valence-corrected chi connectivity index (χ0v) is 12.4. The van der Waals surface area contributed by atoms with Gasteiger partial charge in [-0.15, -0.1) is 0 Å². The Morgan fingerprint density at radius 2 is 1.94 bits per heavy atom. The van der Waals surface area contributed by atoms with E-state index in [1.165, 1.54) is 11.1 Å². The Morgan fingerprint density at radius 3 is 2.56 bits per heavy atom. The molecule has 2 atom stereocenters. The fourth-order valence-corrected chi connectivity index (χ4v) is 3.24. The molecule has 1 aliphatic rings. The van der Waals surface area contributed by atoms with Gasteiger partial charge in [0.2, 0.25) is 0 Å². The molecule has 0 aliphatic heterocycles. The summed E-state index contributed by atoms with van der Waals surface area (Å²) in [6.45, 7) is 12.2. The number of nitrogens with one attached hydrogen (secondary N) is 1. The van der Waals surface area contributed by atoms with E-state index in [-0.39, 0.29) is 10.3 Å². The van der Waals surface area contributed by atoms with E-state index in [1.54, 1.807) is 0 Å². The highest BCUT2D eigenvalue weighted by Crippen LogP contribution is 2.43. The average molecular weight is 263 g/mol. The summed E-state index contributed by atoms with van der Waals surface area (Å²) in [4.78, 5) is 0. The fraction of sp³-hybridized carbons (Fsp3) is 0.467. The molecule has 3 heteroatoms. The number of hydrogen-bond donors (Lipinski definition) is 1. The molecule has 1 unspecified atom stereocenters. The van der Waals surface area contributed by atoms with E-state index < -0.39 is 11.0 Å². The quantitative estimate of drug-likeness (QED) is 0.871. The molecule has 18 heavy (non-hydrogen) atoms. The SMILES string of the molecule is C=C1C[C@@](C)(NS(=O)C(C)(C)C)c2ccccc21. The highest BCUT2D eigenvalue weighted by atomic mass is 32.2. The first-order valence-electron chi connectivity index (χ1n) is 6.21. The van der Waals surface area contributed by atoms with Crippen LogP contribution in [0.15, 0.2) is 30.8 Å². The molecule has 0 aromatic heterocycles. The minimum absolute atomic E-state index is 0.262. The third kappa shape index (κ3) is 2.29. The molecule has 0 fully saturated rings. The normalized spacial score (nSPS) is 25.0. The van der Waals surface area contributed by atoms with E-state index in [9.17, 15) is 4.21 Å². The van der Waals surface area contributed by atoms with Crippen LogP contribution in [-0.4, -0.2) is 8.96 Å². The van der Waals surface area contributed by atoms with Crippen molar-refractivity contribution >= 4 is 16.6 Å². The van der Waals surface area contributed by atoms with Gasteiger partial charge in [-0.05, 0) is 50.8 Å². The molecule has 1 N–H and O–H groups in total. The van der Waals surface area contributed by atoms with Crippen molar-refractivity contribution in [2.24, 2.45) is 0 Å². The molecule has 0 radical (unpaired) electrons. The maximum atomic E-state index is 12.3. The van der Waals surface area contributed by atoms with Crippen LogP contribution in [0.1, 0.15) is 45.2 Å². The molecule has 1 aromatic rings. The van der Waals surface area contributed by atoms with Gasteiger partial charge in [0.1, 0.15) is 0 Å². The standard InChI is InChI=1S/C15H21NOS/c1-11-10-15(5,16-18(17)14(2,3)4)13-9-7-6-8-12(11)13/h6-9,16H,1,10H2,2-5H3/t15-,18?/m1/s1. The van der Waals surface area contributed by atoms with Crippen LogP contribution >= 0.6 is 0 Å². The average Bonchev–Trinajstić information content (AvgIpc) is 2.51. The Bertz CT molecular complexity index is 515. The van der Waals surface area contributed by atoms with Gasteiger partial charge in [0.15, 0.2) is 0 Å². The summed E-state index contributed by atoms with van der Waals surface area (Å²) in [6, 6.07) is 8.23. The lowest BCUT2D eigenvalue weighted by molar-refractivity contribution is 0.467. The molecule has 0 saturated heterocycles. The summed E-state index contributed by atoms with van der Waals surface area (Å²) >= 11 is 0. The van der Waals surface area contributed by atoms with Crippen molar-refractivity contribution in [3.63, 3.8) is 0 Å². The van der Waals surface area contributed by atoms with Crippen molar-refractivity contribution in [2.75, 3.05) is 0 Å². The fourth-order valence-electron chi connectivity index (χ4n) is 2.34. The predicted molar refractivity (Wildman–Crippen MR) is 78.5 cm³/mol. The molecule has 0 amide bonds. The van der Waals surface area contributed by atoms with E-state index in [1.807, 2.05) is 32.9 Å². The highest BCUT2D eigenvalue weighted by Gasteiger charge is 2.39. The van der Waals surface area contributed by atoms with Gasteiger partial charge < -0.3 is 0 Å². The number of benzene rings is 1. The van der Waals surface area contributed by atoms with Crippen molar-refractivity contribution in [1.82, 2.24) is 4.72 Å². The molecule has 0 heterocycles. The zero-order valence-electron chi connectivity index (χ0n) is 11.5. The Morgan fingerprint density at radius 1 is 1.33 bits per heavy atom. The maximum absolute atomic E-state index is 12.3. The summed E-state index contributed by atoms with van der Waals surface area (Å²) in [5, 5.41) is 0. The first kappa shape index (κ1) is 13.5. The van der Waals surface area contributed by atoms with Crippen LogP contribution in [0.5, 0.6) is 0 Å². The third-order valence-electron chi connectivity index (χ3n) is 3.34. The lowest BCUT2D eigenvalue weighted by atomic mass is 9.96. The summed E-state index contributed by atoms with van der Waals surface area (Å²) in [5.74, 6) is 0. The van der Waals surface area contributed by atoms with E-state index >= 15 is 0 Å². The Labute approximate surface area is 112 Å². The van der Waals surface area contributed by atoms with E-state index in [4.69, 9.17) is 0 Å². The highest BCUT2D eigenvalue weighted by molar-refractivity contribution is 7.84. The first-order valence-corrected chi connectivity index (χ1v) is 7.36. The lowest BCUT2D eigenvalue weighted by Gasteiger charge is -2.30. The van der Waals surface area contributed by atoms with Crippen molar-refractivity contribution < 1.29 is 4.21 Å². The van der Waals surface area contributed by atoms with Gasteiger partial charge in [0.25, 0.3) is 0 Å². The second-order valence-corrected chi connectivity index (χ2v) is 8.11. The Balaban J connectivity index is 2.35. The Hall–Kier alpha value is -0.930. The van der Waals surface area contributed by atoms with E-state index in [0.717, 1.165) is 12.0 Å². The van der Waals surface area contributed by atoms with Gasteiger partial charge in [-0.3, -0.25) is 0 Å². The minimum Gasteiger partial charge on any atom is -0.242 e. The van der Waals surface area contributed by atoms with Gasteiger partial charge in [-0.2, -0.15) is 0 Å². The molecule has 0 spiro atoms. The van der Waals surface area contributed by atoms with Crippen LogP contribution in [0.3, 0.4) is 0 Å². The van der Waals surface area contributed by atoms with Gasteiger partial charge in [-0.1, -0.05) is 30.8 Å². The maximum Gasteiger partial charge on any atom is 0.0978 e. The van der Waals surface area contributed by atoms with Crippen LogP contribution in [0.25, 0.3) is 5.57 Å². The second-order valence-electron chi connectivity index (χ2n) is 6.14. The summed E-state index contributed by atoms with van der Waals surface area (Å²) in [7, 11) is -1.08. The smallest absolute Gasteiger partial charge is 0.0978 e. The van der Waals surface area contributed by atoms with E-state index in [0.29, 0.717) is 0 Å². The first-order chi connectivity index (χ1) is 8.24. The molecular weight excluding hydrogens is 242 g/mol. The van der Waals surface area contributed by atoms with Crippen LogP contribution in [0.4, 0.5) is 0 Å². The van der Waals surface area contributed by atoms with Crippen LogP contribution in [-0.2, 0) is 16.5 Å². The molecular formula is C15H21NOS.